The Labute approximate surface area is 141 Å². The zero-order valence-corrected chi connectivity index (χ0v) is 13.9. The van der Waals surface area contributed by atoms with Gasteiger partial charge in [-0.1, -0.05) is 6.42 Å². The largest absolute Gasteiger partial charge is 0.369 e. The van der Waals surface area contributed by atoms with Gasteiger partial charge in [0.2, 0.25) is 11.7 Å². The lowest BCUT2D eigenvalue weighted by molar-refractivity contribution is -0.122. The molecule has 2 amide bonds. The van der Waals surface area contributed by atoms with Crippen LogP contribution in [0.4, 0.5) is 0 Å². The second kappa shape index (κ2) is 5.70. The molecule has 1 fully saturated rings. The van der Waals surface area contributed by atoms with Crippen molar-refractivity contribution in [2.45, 2.75) is 44.6 Å². The molecule has 24 heavy (non-hydrogen) atoms. The SMILES string of the molecule is NC(=O)[C@@H]1CCC[C@@H]1NC(=O)c1nc2sc3c(c2c(=O)[nH]1)CCC3. The monoisotopic (exact) mass is 346 g/mol. The summed E-state index contributed by atoms with van der Waals surface area (Å²) in [6.07, 6.45) is 5.17. The van der Waals surface area contributed by atoms with E-state index in [4.69, 9.17) is 5.73 Å². The van der Waals surface area contributed by atoms with E-state index in [2.05, 4.69) is 15.3 Å². The first kappa shape index (κ1) is 15.3. The Balaban J connectivity index is 1.63. The number of aryl methyl sites for hydroxylation is 2. The number of nitrogens with two attached hydrogens (primary N) is 1. The number of hydrogen-bond acceptors (Lipinski definition) is 5. The molecule has 0 aliphatic heterocycles. The molecule has 1 saturated carbocycles. The minimum atomic E-state index is -0.458. The lowest BCUT2D eigenvalue weighted by atomic mass is 10.0. The number of carbonyl (C=O) groups excluding carboxylic acids is 2. The molecule has 4 rings (SSSR count). The first-order chi connectivity index (χ1) is 11.5. The van der Waals surface area contributed by atoms with E-state index in [0.29, 0.717) is 23.1 Å². The second-order valence-corrected chi connectivity index (χ2v) is 7.56. The Bertz CT molecular complexity index is 901. The smallest absolute Gasteiger partial charge is 0.287 e. The van der Waals surface area contributed by atoms with Gasteiger partial charge in [0.05, 0.1) is 11.3 Å². The van der Waals surface area contributed by atoms with Crippen molar-refractivity contribution < 1.29 is 9.59 Å². The van der Waals surface area contributed by atoms with E-state index in [0.717, 1.165) is 31.2 Å². The van der Waals surface area contributed by atoms with Gasteiger partial charge in [-0.3, -0.25) is 14.4 Å². The number of aromatic nitrogens is 2. The van der Waals surface area contributed by atoms with Crippen LogP contribution >= 0.6 is 11.3 Å². The maximum Gasteiger partial charge on any atom is 0.287 e. The third kappa shape index (κ3) is 2.41. The molecule has 2 heterocycles. The Morgan fingerprint density at radius 1 is 1.25 bits per heavy atom. The Morgan fingerprint density at radius 2 is 2.08 bits per heavy atom. The van der Waals surface area contributed by atoms with Crippen molar-refractivity contribution in [3.63, 3.8) is 0 Å². The molecule has 0 spiro atoms. The molecule has 0 bridgehead atoms. The number of nitrogens with one attached hydrogen (secondary N) is 2. The highest BCUT2D eigenvalue weighted by Gasteiger charge is 2.33. The summed E-state index contributed by atoms with van der Waals surface area (Å²) < 4.78 is 0. The highest BCUT2D eigenvalue weighted by molar-refractivity contribution is 7.18. The molecule has 4 N–H and O–H groups in total. The molecule has 2 aliphatic carbocycles. The van der Waals surface area contributed by atoms with Crippen LogP contribution in [-0.2, 0) is 17.6 Å². The number of nitrogens with zero attached hydrogens (tertiary/aromatic N) is 1. The number of H-pyrrole nitrogens is 1. The summed E-state index contributed by atoms with van der Waals surface area (Å²) in [4.78, 5) is 45.0. The van der Waals surface area contributed by atoms with Crippen molar-refractivity contribution in [3.05, 3.63) is 26.6 Å². The van der Waals surface area contributed by atoms with Crippen molar-refractivity contribution in [1.29, 1.82) is 0 Å². The number of carbonyl (C=O) groups is 2. The Hall–Kier alpha value is -2.22. The van der Waals surface area contributed by atoms with Crippen molar-refractivity contribution in [2.75, 3.05) is 0 Å². The molecule has 2 aliphatic rings. The molecule has 0 unspecified atom stereocenters. The molecule has 126 valence electrons. The van der Waals surface area contributed by atoms with Crippen molar-refractivity contribution in [2.24, 2.45) is 11.7 Å². The Morgan fingerprint density at radius 3 is 2.88 bits per heavy atom. The highest BCUT2D eigenvalue weighted by Crippen LogP contribution is 2.34. The first-order valence-electron chi connectivity index (χ1n) is 8.19. The van der Waals surface area contributed by atoms with E-state index in [1.807, 2.05) is 0 Å². The molecular formula is C16H18N4O3S. The molecule has 2 aromatic heterocycles. The zero-order valence-electron chi connectivity index (χ0n) is 13.1. The summed E-state index contributed by atoms with van der Waals surface area (Å²) in [5.74, 6) is -1.21. The van der Waals surface area contributed by atoms with Gasteiger partial charge in [-0.05, 0) is 37.7 Å². The van der Waals surface area contributed by atoms with Gasteiger partial charge >= 0.3 is 0 Å². The van der Waals surface area contributed by atoms with E-state index < -0.39 is 11.8 Å². The number of fused-ring (bicyclic) bond motifs is 3. The molecule has 7 nitrogen and oxygen atoms in total. The number of amides is 2. The van der Waals surface area contributed by atoms with Gasteiger partial charge in [-0.25, -0.2) is 4.98 Å². The fourth-order valence-corrected chi connectivity index (χ4v) is 5.08. The van der Waals surface area contributed by atoms with Gasteiger partial charge in [0.25, 0.3) is 11.5 Å². The van der Waals surface area contributed by atoms with E-state index in [-0.39, 0.29) is 23.3 Å². The van der Waals surface area contributed by atoms with Crippen LogP contribution in [0.25, 0.3) is 10.2 Å². The minimum Gasteiger partial charge on any atom is -0.369 e. The average molecular weight is 346 g/mol. The normalized spacial score (nSPS) is 22.7. The summed E-state index contributed by atoms with van der Waals surface area (Å²) in [7, 11) is 0. The quantitative estimate of drug-likeness (QED) is 0.764. The fraction of sp³-hybridized carbons (Fsp3) is 0.500. The molecule has 0 radical (unpaired) electrons. The summed E-state index contributed by atoms with van der Waals surface area (Å²) >= 11 is 1.50. The summed E-state index contributed by atoms with van der Waals surface area (Å²) in [5, 5.41) is 3.43. The lowest BCUT2D eigenvalue weighted by Gasteiger charge is -2.17. The number of rotatable bonds is 3. The fourth-order valence-electron chi connectivity index (χ4n) is 3.82. The minimum absolute atomic E-state index is 0.00236. The number of hydrogen-bond donors (Lipinski definition) is 3. The average Bonchev–Trinajstić information content (AvgIpc) is 3.21. The number of primary amides is 1. The van der Waals surface area contributed by atoms with Crippen molar-refractivity contribution in [1.82, 2.24) is 15.3 Å². The topological polar surface area (TPSA) is 118 Å². The highest BCUT2D eigenvalue weighted by atomic mass is 32.1. The second-order valence-electron chi connectivity index (χ2n) is 6.47. The van der Waals surface area contributed by atoms with Gasteiger partial charge in [0.15, 0.2) is 0 Å². The number of thiophene rings is 1. The molecule has 0 aromatic carbocycles. The van der Waals surface area contributed by atoms with Crippen LogP contribution in [0, 0.1) is 5.92 Å². The third-order valence-electron chi connectivity index (χ3n) is 4.99. The van der Waals surface area contributed by atoms with E-state index in [1.54, 1.807) is 0 Å². The maximum atomic E-state index is 12.4. The van der Waals surface area contributed by atoms with E-state index >= 15 is 0 Å². The van der Waals surface area contributed by atoms with Crippen LogP contribution in [0.3, 0.4) is 0 Å². The third-order valence-corrected chi connectivity index (χ3v) is 6.17. The lowest BCUT2D eigenvalue weighted by Crippen LogP contribution is -2.43. The van der Waals surface area contributed by atoms with Crippen LogP contribution in [0.15, 0.2) is 4.79 Å². The molecule has 2 atom stereocenters. The van der Waals surface area contributed by atoms with Crippen molar-refractivity contribution in [3.8, 4) is 0 Å². The summed E-state index contributed by atoms with van der Waals surface area (Å²) in [5.41, 5.74) is 6.20. The van der Waals surface area contributed by atoms with Gasteiger partial charge < -0.3 is 16.0 Å². The van der Waals surface area contributed by atoms with Crippen LogP contribution in [0.5, 0.6) is 0 Å². The zero-order chi connectivity index (χ0) is 16.8. The van der Waals surface area contributed by atoms with Crippen molar-refractivity contribution >= 4 is 33.4 Å². The molecule has 0 saturated heterocycles. The molecule has 2 aromatic rings. The van der Waals surface area contributed by atoms with Crippen LogP contribution in [0.1, 0.15) is 46.7 Å². The molecule has 8 heteroatoms. The van der Waals surface area contributed by atoms with Gasteiger partial charge in [0, 0.05) is 10.9 Å². The van der Waals surface area contributed by atoms with Gasteiger partial charge in [-0.15, -0.1) is 11.3 Å². The predicted molar refractivity (Wildman–Crippen MR) is 90.1 cm³/mol. The first-order valence-corrected chi connectivity index (χ1v) is 9.01. The molecular weight excluding hydrogens is 328 g/mol. The maximum absolute atomic E-state index is 12.4. The van der Waals surface area contributed by atoms with E-state index in [1.165, 1.54) is 16.2 Å². The standard InChI is InChI=1S/C16H18N4O3S/c17-12(21)7-3-1-5-9(7)18-15(23)13-19-14(22)11-8-4-2-6-10(8)24-16(11)20-13/h7,9H,1-6H2,(H2,17,21)(H,18,23)(H,19,20,22)/t7-,9+/m1/s1. The van der Waals surface area contributed by atoms with Crippen LogP contribution in [-0.4, -0.2) is 27.8 Å². The predicted octanol–water partition coefficient (Wildman–Crippen LogP) is 0.857. The summed E-state index contributed by atoms with van der Waals surface area (Å²) in [6.45, 7) is 0. The number of aromatic amines is 1. The van der Waals surface area contributed by atoms with Gasteiger partial charge in [0.1, 0.15) is 4.83 Å². The van der Waals surface area contributed by atoms with E-state index in [9.17, 15) is 14.4 Å². The van der Waals surface area contributed by atoms with Crippen LogP contribution < -0.4 is 16.6 Å². The summed E-state index contributed by atoms with van der Waals surface area (Å²) in [6, 6.07) is -0.288. The Kier molecular flexibility index (Phi) is 3.64. The van der Waals surface area contributed by atoms with Crippen LogP contribution in [0.2, 0.25) is 0 Å². The van der Waals surface area contributed by atoms with Gasteiger partial charge in [-0.2, -0.15) is 0 Å².